The van der Waals surface area contributed by atoms with E-state index in [1.807, 2.05) is 36.4 Å². The summed E-state index contributed by atoms with van der Waals surface area (Å²) in [5.41, 5.74) is 3.39. The zero-order chi connectivity index (χ0) is 19.5. The Labute approximate surface area is 156 Å². The van der Waals surface area contributed by atoms with Crippen LogP contribution in [0, 0.1) is 13.8 Å². The number of hydrogen-bond donors (Lipinski definition) is 0. The van der Waals surface area contributed by atoms with E-state index in [4.69, 9.17) is 4.98 Å². The maximum absolute atomic E-state index is 13.0. The number of imidazole rings is 2. The topological polar surface area (TPSA) is 66.2 Å². The molecule has 3 aromatic heterocycles. The second-order valence-corrected chi connectivity index (χ2v) is 6.94. The van der Waals surface area contributed by atoms with Crippen LogP contribution in [-0.2, 0) is 13.6 Å². The van der Waals surface area contributed by atoms with Crippen molar-refractivity contribution < 1.29 is 0 Å². The fourth-order valence-corrected chi connectivity index (χ4v) is 3.90. The molecule has 0 N–H and O–H groups in total. The van der Waals surface area contributed by atoms with Crippen LogP contribution in [0.4, 0.5) is 0 Å². The minimum absolute atomic E-state index is 0.0460. The highest BCUT2D eigenvalue weighted by molar-refractivity contribution is 5.76. The van der Waals surface area contributed by atoms with Crippen molar-refractivity contribution >= 4 is 16.9 Å². The number of nitrogens with zero attached hydrogens (tertiary/aromatic N) is 5. The number of fused-ring (bicyclic) bond motifs is 3. The predicted molar refractivity (Wildman–Crippen MR) is 106 cm³/mol. The van der Waals surface area contributed by atoms with Crippen molar-refractivity contribution in [3.05, 3.63) is 68.1 Å². The first-order valence-electron chi connectivity index (χ1n) is 9.12. The highest BCUT2D eigenvalue weighted by Gasteiger charge is 2.24. The van der Waals surface area contributed by atoms with Gasteiger partial charge in [-0.1, -0.05) is 30.3 Å². The van der Waals surface area contributed by atoms with Crippen LogP contribution in [0.2, 0.25) is 0 Å². The average molecular weight is 365 g/mol. The molecule has 0 spiro atoms. The molecule has 1 aromatic carbocycles. The summed E-state index contributed by atoms with van der Waals surface area (Å²) in [5.74, 6) is 0.678. The molecular formula is C20H23N5O2. The van der Waals surface area contributed by atoms with Gasteiger partial charge in [0.1, 0.15) is 0 Å². The van der Waals surface area contributed by atoms with Gasteiger partial charge in [0.25, 0.3) is 5.56 Å². The standard InChI is InChI=1S/C20H23N5O2/c1-6-23-18(26)16-17(22(5)20(23)27)21-19-24(12(2)13(3)25(16)19)14(4)15-10-8-7-9-11-15/h7-11,14H,6H2,1-5H3/t14-/m0/s1. The van der Waals surface area contributed by atoms with E-state index in [9.17, 15) is 9.59 Å². The van der Waals surface area contributed by atoms with Crippen LogP contribution in [0.15, 0.2) is 39.9 Å². The second-order valence-electron chi connectivity index (χ2n) is 6.94. The fraction of sp³-hybridized carbons (Fsp3) is 0.350. The van der Waals surface area contributed by atoms with E-state index >= 15 is 0 Å². The lowest BCUT2D eigenvalue weighted by atomic mass is 10.1. The summed E-state index contributed by atoms with van der Waals surface area (Å²) in [7, 11) is 1.66. The Balaban J connectivity index is 2.15. The van der Waals surface area contributed by atoms with Crippen molar-refractivity contribution in [2.24, 2.45) is 7.05 Å². The Morgan fingerprint density at radius 2 is 1.74 bits per heavy atom. The highest BCUT2D eigenvalue weighted by atomic mass is 16.2. The van der Waals surface area contributed by atoms with E-state index in [2.05, 4.69) is 23.6 Å². The first-order valence-corrected chi connectivity index (χ1v) is 9.12. The number of benzene rings is 1. The number of rotatable bonds is 3. The molecule has 7 nitrogen and oxygen atoms in total. The molecule has 0 fully saturated rings. The van der Waals surface area contributed by atoms with Gasteiger partial charge in [-0.05, 0) is 33.3 Å². The minimum Gasteiger partial charge on any atom is -0.307 e. The number of aromatic nitrogens is 5. The third-order valence-corrected chi connectivity index (χ3v) is 5.55. The Morgan fingerprint density at radius 1 is 1.07 bits per heavy atom. The molecule has 4 aromatic rings. The Morgan fingerprint density at radius 3 is 2.37 bits per heavy atom. The Hall–Kier alpha value is -3.09. The maximum Gasteiger partial charge on any atom is 0.332 e. The molecule has 0 aliphatic carbocycles. The fourth-order valence-electron chi connectivity index (χ4n) is 3.90. The summed E-state index contributed by atoms with van der Waals surface area (Å²) in [6.45, 7) is 8.26. The van der Waals surface area contributed by atoms with Crippen LogP contribution in [0.1, 0.15) is 36.8 Å². The van der Waals surface area contributed by atoms with Crippen molar-refractivity contribution in [1.29, 1.82) is 0 Å². The van der Waals surface area contributed by atoms with Gasteiger partial charge in [0.15, 0.2) is 11.2 Å². The number of hydrogen-bond acceptors (Lipinski definition) is 3. The van der Waals surface area contributed by atoms with Crippen molar-refractivity contribution in [3.63, 3.8) is 0 Å². The smallest absolute Gasteiger partial charge is 0.307 e. The average Bonchev–Trinajstić information content (AvgIpc) is 3.17. The first kappa shape index (κ1) is 17.3. The van der Waals surface area contributed by atoms with E-state index in [1.165, 1.54) is 9.13 Å². The molecule has 0 amide bonds. The third-order valence-electron chi connectivity index (χ3n) is 5.55. The Kier molecular flexibility index (Phi) is 3.83. The summed E-state index contributed by atoms with van der Waals surface area (Å²) in [6.07, 6.45) is 0. The van der Waals surface area contributed by atoms with Gasteiger partial charge in [-0.25, -0.2) is 4.79 Å². The lowest BCUT2D eigenvalue weighted by molar-refractivity contribution is 0.633. The predicted octanol–water partition coefficient (Wildman–Crippen LogP) is 2.40. The summed E-state index contributed by atoms with van der Waals surface area (Å²) < 4.78 is 6.73. The van der Waals surface area contributed by atoms with Crippen LogP contribution in [-0.4, -0.2) is 23.1 Å². The molecule has 0 bridgehead atoms. The highest BCUT2D eigenvalue weighted by Crippen LogP contribution is 2.27. The molecule has 0 radical (unpaired) electrons. The van der Waals surface area contributed by atoms with Gasteiger partial charge in [-0.2, -0.15) is 4.98 Å². The molecule has 27 heavy (non-hydrogen) atoms. The lowest BCUT2D eigenvalue weighted by Crippen LogP contribution is -2.38. The SMILES string of the molecule is CCn1c(=O)c2c(nc3n([C@@H](C)c4ccccc4)c(C)c(C)n23)n(C)c1=O. The molecule has 4 rings (SSSR count). The van der Waals surface area contributed by atoms with Gasteiger partial charge in [-0.3, -0.25) is 18.3 Å². The monoisotopic (exact) mass is 365 g/mol. The van der Waals surface area contributed by atoms with Crippen LogP contribution < -0.4 is 11.2 Å². The molecule has 0 aliphatic heterocycles. The van der Waals surface area contributed by atoms with Crippen LogP contribution >= 0.6 is 0 Å². The van der Waals surface area contributed by atoms with Gasteiger partial charge in [0, 0.05) is 25.0 Å². The minimum atomic E-state index is -0.340. The zero-order valence-corrected chi connectivity index (χ0v) is 16.2. The molecular weight excluding hydrogens is 342 g/mol. The summed E-state index contributed by atoms with van der Waals surface area (Å²) in [6, 6.07) is 10.2. The normalized spacial score (nSPS) is 12.9. The van der Waals surface area contributed by atoms with E-state index in [0.29, 0.717) is 23.5 Å². The van der Waals surface area contributed by atoms with E-state index < -0.39 is 0 Å². The van der Waals surface area contributed by atoms with Crippen molar-refractivity contribution in [2.45, 2.75) is 40.3 Å². The van der Waals surface area contributed by atoms with Gasteiger partial charge in [0.2, 0.25) is 5.78 Å². The third kappa shape index (κ3) is 2.24. The van der Waals surface area contributed by atoms with Crippen molar-refractivity contribution in [2.75, 3.05) is 0 Å². The molecule has 0 saturated carbocycles. The molecule has 140 valence electrons. The molecule has 1 atom stereocenters. The van der Waals surface area contributed by atoms with Crippen molar-refractivity contribution in [1.82, 2.24) is 23.1 Å². The van der Waals surface area contributed by atoms with Crippen LogP contribution in [0.25, 0.3) is 16.9 Å². The quantitative estimate of drug-likeness (QED) is 0.560. The summed E-state index contributed by atoms with van der Waals surface area (Å²) in [5, 5.41) is 0. The van der Waals surface area contributed by atoms with E-state index in [1.54, 1.807) is 14.0 Å². The lowest BCUT2D eigenvalue weighted by Gasteiger charge is -2.16. The van der Waals surface area contributed by atoms with E-state index in [-0.39, 0.29) is 17.3 Å². The molecule has 0 unspecified atom stereocenters. The van der Waals surface area contributed by atoms with Gasteiger partial charge in [-0.15, -0.1) is 0 Å². The summed E-state index contributed by atoms with van der Waals surface area (Å²) >= 11 is 0. The van der Waals surface area contributed by atoms with Crippen LogP contribution in [0.3, 0.4) is 0 Å². The van der Waals surface area contributed by atoms with Crippen molar-refractivity contribution in [3.8, 4) is 0 Å². The van der Waals surface area contributed by atoms with Gasteiger partial charge in [0.05, 0.1) is 6.04 Å². The first-order chi connectivity index (χ1) is 12.9. The second kappa shape index (κ2) is 5.97. The molecule has 0 saturated heterocycles. The van der Waals surface area contributed by atoms with Gasteiger partial charge >= 0.3 is 5.69 Å². The molecule has 3 heterocycles. The molecule has 7 heteroatoms. The van der Waals surface area contributed by atoms with E-state index in [0.717, 1.165) is 17.0 Å². The Bertz CT molecular complexity index is 1290. The van der Waals surface area contributed by atoms with Gasteiger partial charge < -0.3 is 4.57 Å². The molecule has 0 aliphatic rings. The zero-order valence-electron chi connectivity index (χ0n) is 16.2. The largest absolute Gasteiger partial charge is 0.332 e. The number of aryl methyl sites for hydroxylation is 2. The van der Waals surface area contributed by atoms with Crippen LogP contribution in [0.5, 0.6) is 0 Å². The summed E-state index contributed by atoms with van der Waals surface area (Å²) in [4.78, 5) is 30.2. The maximum atomic E-state index is 13.0.